The van der Waals surface area contributed by atoms with Crippen molar-refractivity contribution in [3.63, 3.8) is 0 Å². The summed E-state index contributed by atoms with van der Waals surface area (Å²) in [7, 11) is 0. The van der Waals surface area contributed by atoms with Gasteiger partial charge < -0.3 is 4.74 Å². The van der Waals surface area contributed by atoms with Crippen LogP contribution in [0.15, 0.2) is 0 Å². The van der Waals surface area contributed by atoms with Crippen LogP contribution in [0.4, 0.5) is 0 Å². The van der Waals surface area contributed by atoms with Crippen LogP contribution in [0.25, 0.3) is 0 Å². The summed E-state index contributed by atoms with van der Waals surface area (Å²) >= 11 is 0. The van der Waals surface area contributed by atoms with E-state index in [4.69, 9.17) is 4.74 Å². The Hall–Kier alpha value is -0.530. The smallest absolute Gasteiger partial charge is 0.312 e. The second-order valence-electron chi connectivity index (χ2n) is 7.72. The minimum Gasteiger partial charge on any atom is -0.462 e. The second kappa shape index (κ2) is 7.15. The number of esters is 1. The molecule has 3 saturated carbocycles. The molecule has 3 aliphatic carbocycles. The van der Waals surface area contributed by atoms with Gasteiger partial charge in [-0.15, -0.1) is 0 Å². The monoisotopic (exact) mass is 292 g/mol. The summed E-state index contributed by atoms with van der Waals surface area (Å²) in [6.45, 7) is 0. The predicted octanol–water partition coefficient (Wildman–Crippen LogP) is 5.39. The Balaban J connectivity index is 1.69. The quantitative estimate of drug-likeness (QED) is 0.652. The molecule has 120 valence electrons. The van der Waals surface area contributed by atoms with Crippen LogP contribution in [-0.2, 0) is 9.53 Å². The SMILES string of the molecule is O=C(OC1CCCCC1)C1(C2CCCCC2)CCCCC1. The maximum atomic E-state index is 13.1. The lowest BCUT2D eigenvalue weighted by Gasteiger charge is -2.44. The summed E-state index contributed by atoms with van der Waals surface area (Å²) in [5.74, 6) is 0.809. The van der Waals surface area contributed by atoms with E-state index in [-0.39, 0.29) is 17.5 Å². The van der Waals surface area contributed by atoms with E-state index in [0.717, 1.165) is 25.7 Å². The summed E-state index contributed by atoms with van der Waals surface area (Å²) in [6.07, 6.45) is 18.8. The van der Waals surface area contributed by atoms with Crippen molar-refractivity contribution < 1.29 is 9.53 Å². The van der Waals surface area contributed by atoms with Crippen molar-refractivity contribution in [1.82, 2.24) is 0 Å². The van der Waals surface area contributed by atoms with Gasteiger partial charge in [0.25, 0.3) is 0 Å². The van der Waals surface area contributed by atoms with E-state index < -0.39 is 0 Å². The first kappa shape index (κ1) is 15.4. The molecular weight excluding hydrogens is 260 g/mol. The molecule has 0 heterocycles. The van der Waals surface area contributed by atoms with Crippen LogP contribution in [-0.4, -0.2) is 12.1 Å². The van der Waals surface area contributed by atoms with Gasteiger partial charge in [-0.2, -0.15) is 0 Å². The van der Waals surface area contributed by atoms with Crippen molar-refractivity contribution >= 4 is 5.97 Å². The van der Waals surface area contributed by atoms with Gasteiger partial charge >= 0.3 is 5.97 Å². The van der Waals surface area contributed by atoms with Crippen LogP contribution in [0, 0.1) is 11.3 Å². The van der Waals surface area contributed by atoms with E-state index in [0.29, 0.717) is 5.92 Å². The molecule has 0 saturated heterocycles. The number of ether oxygens (including phenoxy) is 1. The lowest BCUT2D eigenvalue weighted by atomic mass is 9.61. The van der Waals surface area contributed by atoms with Crippen LogP contribution in [0.2, 0.25) is 0 Å². The van der Waals surface area contributed by atoms with Gasteiger partial charge in [-0.05, 0) is 57.3 Å². The fourth-order valence-corrected chi connectivity index (χ4v) is 5.07. The molecule has 0 bridgehead atoms. The number of hydrogen-bond acceptors (Lipinski definition) is 2. The fraction of sp³-hybridized carbons (Fsp3) is 0.947. The molecule has 0 radical (unpaired) electrons. The highest BCUT2D eigenvalue weighted by Gasteiger charge is 2.47. The molecule has 0 unspecified atom stereocenters. The van der Waals surface area contributed by atoms with Gasteiger partial charge in [0.15, 0.2) is 0 Å². The average molecular weight is 292 g/mol. The zero-order chi connectivity index (χ0) is 14.5. The lowest BCUT2D eigenvalue weighted by Crippen LogP contribution is -2.44. The minimum atomic E-state index is -0.101. The van der Waals surface area contributed by atoms with E-state index in [1.165, 1.54) is 70.6 Å². The molecule has 0 atom stereocenters. The molecule has 0 spiro atoms. The summed E-state index contributed by atoms with van der Waals surface area (Å²) in [5, 5.41) is 0. The van der Waals surface area contributed by atoms with E-state index in [1.807, 2.05) is 0 Å². The van der Waals surface area contributed by atoms with Gasteiger partial charge in [-0.25, -0.2) is 0 Å². The summed E-state index contributed by atoms with van der Waals surface area (Å²) in [5.41, 5.74) is -0.101. The molecule has 2 nitrogen and oxygen atoms in total. The Bertz CT molecular complexity index is 331. The first-order chi connectivity index (χ1) is 10.3. The molecule has 0 N–H and O–H groups in total. The van der Waals surface area contributed by atoms with Crippen molar-refractivity contribution in [3.8, 4) is 0 Å². The number of hydrogen-bond donors (Lipinski definition) is 0. The Morgan fingerprint density at radius 2 is 1.24 bits per heavy atom. The lowest BCUT2D eigenvalue weighted by molar-refractivity contribution is -0.171. The highest BCUT2D eigenvalue weighted by atomic mass is 16.5. The van der Waals surface area contributed by atoms with Gasteiger partial charge in [0, 0.05) is 0 Å². The van der Waals surface area contributed by atoms with Crippen molar-refractivity contribution in [2.24, 2.45) is 11.3 Å². The zero-order valence-corrected chi connectivity index (χ0v) is 13.6. The van der Waals surface area contributed by atoms with Crippen LogP contribution in [0.3, 0.4) is 0 Å². The van der Waals surface area contributed by atoms with Crippen molar-refractivity contribution in [3.05, 3.63) is 0 Å². The topological polar surface area (TPSA) is 26.3 Å². The molecule has 3 aliphatic rings. The third kappa shape index (κ3) is 3.46. The number of carbonyl (C=O) groups is 1. The van der Waals surface area contributed by atoms with Crippen molar-refractivity contribution in [2.75, 3.05) is 0 Å². The highest BCUT2D eigenvalue weighted by molar-refractivity contribution is 5.77. The van der Waals surface area contributed by atoms with Crippen LogP contribution >= 0.6 is 0 Å². The highest BCUT2D eigenvalue weighted by Crippen LogP contribution is 2.49. The summed E-state index contributed by atoms with van der Waals surface area (Å²) in [4.78, 5) is 13.1. The molecule has 0 aromatic heterocycles. The zero-order valence-electron chi connectivity index (χ0n) is 13.6. The first-order valence-electron chi connectivity index (χ1n) is 9.52. The normalized spacial score (nSPS) is 28.2. The van der Waals surface area contributed by atoms with E-state index in [9.17, 15) is 4.79 Å². The largest absolute Gasteiger partial charge is 0.462 e. The van der Waals surface area contributed by atoms with Crippen molar-refractivity contribution in [2.45, 2.75) is 102 Å². The molecular formula is C19H32O2. The summed E-state index contributed by atoms with van der Waals surface area (Å²) < 4.78 is 6.05. The van der Waals surface area contributed by atoms with Gasteiger partial charge in [0.2, 0.25) is 0 Å². The molecule has 0 amide bonds. The van der Waals surface area contributed by atoms with E-state index >= 15 is 0 Å². The molecule has 2 heteroatoms. The van der Waals surface area contributed by atoms with Gasteiger partial charge in [-0.1, -0.05) is 44.9 Å². The van der Waals surface area contributed by atoms with Gasteiger partial charge in [0.1, 0.15) is 6.10 Å². The minimum absolute atomic E-state index is 0.101. The predicted molar refractivity (Wildman–Crippen MR) is 85.1 cm³/mol. The van der Waals surface area contributed by atoms with Gasteiger partial charge in [-0.3, -0.25) is 4.79 Å². The van der Waals surface area contributed by atoms with E-state index in [2.05, 4.69) is 0 Å². The Morgan fingerprint density at radius 3 is 1.86 bits per heavy atom. The third-order valence-corrected chi connectivity index (χ3v) is 6.36. The molecule has 0 aromatic rings. The maximum absolute atomic E-state index is 13.1. The standard InChI is InChI=1S/C19H32O2/c20-18(21-17-12-6-2-7-13-17)19(14-8-3-9-15-19)16-10-4-1-5-11-16/h16-17H,1-15H2. The molecule has 3 fully saturated rings. The number of carbonyl (C=O) groups excluding carboxylic acids is 1. The molecule has 0 aliphatic heterocycles. The van der Waals surface area contributed by atoms with Crippen LogP contribution in [0.1, 0.15) is 96.3 Å². The second-order valence-corrected chi connectivity index (χ2v) is 7.72. The Labute approximate surface area is 130 Å². The van der Waals surface area contributed by atoms with Gasteiger partial charge in [0.05, 0.1) is 5.41 Å². The maximum Gasteiger partial charge on any atom is 0.312 e. The Kier molecular flexibility index (Phi) is 5.24. The third-order valence-electron chi connectivity index (χ3n) is 6.36. The fourth-order valence-electron chi connectivity index (χ4n) is 5.07. The number of rotatable bonds is 3. The van der Waals surface area contributed by atoms with Crippen LogP contribution in [0.5, 0.6) is 0 Å². The van der Waals surface area contributed by atoms with E-state index in [1.54, 1.807) is 0 Å². The molecule has 21 heavy (non-hydrogen) atoms. The van der Waals surface area contributed by atoms with Crippen LogP contribution < -0.4 is 0 Å². The van der Waals surface area contributed by atoms with Crippen molar-refractivity contribution in [1.29, 1.82) is 0 Å². The average Bonchev–Trinajstić information content (AvgIpc) is 2.57. The molecule has 3 rings (SSSR count). The summed E-state index contributed by atoms with van der Waals surface area (Å²) in [6, 6.07) is 0. The Morgan fingerprint density at radius 1 is 0.714 bits per heavy atom. The first-order valence-corrected chi connectivity index (χ1v) is 9.52. The molecule has 0 aromatic carbocycles.